The van der Waals surface area contributed by atoms with Crippen LogP contribution in [0.4, 0.5) is 11.8 Å². The summed E-state index contributed by atoms with van der Waals surface area (Å²) in [6.07, 6.45) is 2.80. The van der Waals surface area contributed by atoms with Crippen molar-refractivity contribution in [3.05, 3.63) is 41.6 Å². The standard InChI is InChI=1S/C18H23N7/c1-12(25-8-7-13-5-3-4-6-14(13)11-25)9-20-18-22-16(19)15-10-21-24(2)17(15)23-18/h3-6,10,12H,7-9,11H2,1-2H3,(H3,19,20,22,23). The Labute approximate surface area is 146 Å². The summed E-state index contributed by atoms with van der Waals surface area (Å²) >= 11 is 0. The maximum atomic E-state index is 6.02. The number of hydrogen-bond donors (Lipinski definition) is 2. The van der Waals surface area contributed by atoms with E-state index in [2.05, 4.69) is 56.5 Å². The summed E-state index contributed by atoms with van der Waals surface area (Å²) in [4.78, 5) is 11.4. The lowest BCUT2D eigenvalue weighted by molar-refractivity contribution is 0.198. The molecule has 3 aromatic rings. The molecule has 7 heteroatoms. The average molecular weight is 337 g/mol. The Hall–Kier alpha value is -2.67. The lowest BCUT2D eigenvalue weighted by Gasteiger charge is -2.33. The first-order chi connectivity index (χ1) is 12.1. The van der Waals surface area contributed by atoms with Gasteiger partial charge < -0.3 is 11.1 Å². The number of nitrogens with one attached hydrogen (secondary N) is 1. The van der Waals surface area contributed by atoms with E-state index in [0.29, 0.717) is 17.8 Å². The molecule has 0 spiro atoms. The molecule has 3 N–H and O–H groups in total. The van der Waals surface area contributed by atoms with Crippen molar-refractivity contribution in [2.24, 2.45) is 7.05 Å². The lowest BCUT2D eigenvalue weighted by atomic mass is 9.99. The Morgan fingerprint density at radius 3 is 2.88 bits per heavy atom. The van der Waals surface area contributed by atoms with E-state index in [1.807, 2.05) is 7.05 Å². The van der Waals surface area contributed by atoms with Crippen LogP contribution in [0.1, 0.15) is 18.1 Å². The molecule has 0 aliphatic carbocycles. The summed E-state index contributed by atoms with van der Waals surface area (Å²) in [5, 5.41) is 8.30. The third-order valence-corrected chi connectivity index (χ3v) is 4.96. The molecule has 0 fully saturated rings. The number of hydrogen-bond acceptors (Lipinski definition) is 6. The molecule has 0 amide bonds. The van der Waals surface area contributed by atoms with Gasteiger partial charge in [0.15, 0.2) is 5.65 Å². The number of rotatable bonds is 4. The molecule has 7 nitrogen and oxygen atoms in total. The molecule has 25 heavy (non-hydrogen) atoms. The molecule has 0 bridgehead atoms. The predicted octanol–water partition coefficient (Wildman–Crippen LogP) is 1.80. The molecular weight excluding hydrogens is 314 g/mol. The van der Waals surface area contributed by atoms with Crippen molar-refractivity contribution < 1.29 is 0 Å². The Morgan fingerprint density at radius 2 is 2.04 bits per heavy atom. The highest BCUT2D eigenvalue weighted by Crippen LogP contribution is 2.21. The van der Waals surface area contributed by atoms with E-state index >= 15 is 0 Å². The average Bonchev–Trinajstić information content (AvgIpc) is 3.01. The molecule has 1 aromatic carbocycles. The van der Waals surface area contributed by atoms with Crippen molar-refractivity contribution in [3.63, 3.8) is 0 Å². The number of nitrogens with two attached hydrogens (primary N) is 1. The SMILES string of the molecule is CC(CNc1nc(N)c2cnn(C)c2n1)N1CCc2ccccc2C1. The summed E-state index contributed by atoms with van der Waals surface area (Å²) in [6, 6.07) is 9.07. The fourth-order valence-electron chi connectivity index (χ4n) is 3.38. The van der Waals surface area contributed by atoms with Crippen molar-refractivity contribution in [2.75, 3.05) is 24.1 Å². The van der Waals surface area contributed by atoms with E-state index in [4.69, 9.17) is 5.73 Å². The van der Waals surface area contributed by atoms with Gasteiger partial charge in [0.2, 0.25) is 5.95 Å². The van der Waals surface area contributed by atoms with Gasteiger partial charge in [-0.15, -0.1) is 0 Å². The van der Waals surface area contributed by atoms with E-state index in [9.17, 15) is 0 Å². The van der Waals surface area contributed by atoms with Gasteiger partial charge >= 0.3 is 0 Å². The number of aromatic nitrogens is 4. The minimum absolute atomic E-state index is 0.375. The second kappa shape index (κ2) is 6.33. The van der Waals surface area contributed by atoms with Crippen molar-refractivity contribution in [3.8, 4) is 0 Å². The first-order valence-corrected chi connectivity index (χ1v) is 8.62. The van der Waals surface area contributed by atoms with E-state index in [-0.39, 0.29) is 0 Å². The topological polar surface area (TPSA) is 84.9 Å². The Bertz CT molecular complexity index is 902. The van der Waals surface area contributed by atoms with Crippen LogP contribution in [0.2, 0.25) is 0 Å². The normalized spacial score (nSPS) is 15.9. The summed E-state index contributed by atoms with van der Waals surface area (Å²) < 4.78 is 1.71. The van der Waals surface area contributed by atoms with Gasteiger partial charge in [0.25, 0.3) is 0 Å². The number of nitrogen functional groups attached to an aromatic ring is 1. The minimum Gasteiger partial charge on any atom is -0.383 e. The number of fused-ring (bicyclic) bond motifs is 2. The number of nitrogens with zero attached hydrogens (tertiary/aromatic N) is 5. The van der Waals surface area contributed by atoms with Crippen LogP contribution in [0.15, 0.2) is 30.5 Å². The van der Waals surface area contributed by atoms with Crippen LogP contribution in [0.5, 0.6) is 0 Å². The third-order valence-electron chi connectivity index (χ3n) is 4.96. The number of aryl methyl sites for hydroxylation is 1. The second-order valence-corrected chi connectivity index (χ2v) is 6.66. The highest BCUT2D eigenvalue weighted by Gasteiger charge is 2.20. The van der Waals surface area contributed by atoms with E-state index in [0.717, 1.165) is 37.1 Å². The molecule has 0 saturated carbocycles. The summed E-state index contributed by atoms with van der Waals surface area (Å²) in [5.74, 6) is 1.01. The van der Waals surface area contributed by atoms with Crippen molar-refractivity contribution in [2.45, 2.75) is 25.9 Å². The Kier molecular flexibility index (Phi) is 4.01. The quantitative estimate of drug-likeness (QED) is 0.755. The van der Waals surface area contributed by atoms with E-state index < -0.39 is 0 Å². The molecule has 1 atom stereocenters. The highest BCUT2D eigenvalue weighted by atomic mass is 15.3. The molecule has 130 valence electrons. The number of anilines is 2. The zero-order chi connectivity index (χ0) is 17.4. The van der Waals surface area contributed by atoms with Crippen molar-refractivity contribution in [1.82, 2.24) is 24.6 Å². The van der Waals surface area contributed by atoms with Crippen LogP contribution in [0, 0.1) is 0 Å². The van der Waals surface area contributed by atoms with E-state index in [1.54, 1.807) is 10.9 Å². The van der Waals surface area contributed by atoms with Crippen LogP contribution in [-0.2, 0) is 20.0 Å². The largest absolute Gasteiger partial charge is 0.383 e. The first-order valence-electron chi connectivity index (χ1n) is 8.62. The van der Waals surface area contributed by atoms with Crippen LogP contribution >= 0.6 is 0 Å². The zero-order valence-electron chi connectivity index (χ0n) is 14.6. The van der Waals surface area contributed by atoms with E-state index in [1.165, 1.54) is 11.1 Å². The van der Waals surface area contributed by atoms with Gasteiger partial charge in [-0.1, -0.05) is 24.3 Å². The van der Waals surface area contributed by atoms with Crippen LogP contribution < -0.4 is 11.1 Å². The predicted molar refractivity (Wildman–Crippen MR) is 99.2 cm³/mol. The van der Waals surface area contributed by atoms with Gasteiger partial charge in [-0.3, -0.25) is 9.58 Å². The molecule has 0 radical (unpaired) electrons. The maximum absolute atomic E-state index is 6.02. The van der Waals surface area contributed by atoms with Crippen molar-refractivity contribution in [1.29, 1.82) is 0 Å². The monoisotopic (exact) mass is 337 g/mol. The highest BCUT2D eigenvalue weighted by molar-refractivity contribution is 5.86. The zero-order valence-corrected chi connectivity index (χ0v) is 14.6. The molecular formula is C18H23N7. The summed E-state index contributed by atoms with van der Waals surface area (Å²) in [6.45, 7) is 5.06. The Morgan fingerprint density at radius 1 is 1.24 bits per heavy atom. The maximum Gasteiger partial charge on any atom is 0.226 e. The second-order valence-electron chi connectivity index (χ2n) is 6.66. The fourth-order valence-corrected chi connectivity index (χ4v) is 3.38. The third kappa shape index (κ3) is 3.02. The molecule has 1 unspecified atom stereocenters. The van der Waals surface area contributed by atoms with Gasteiger partial charge in [0.05, 0.1) is 11.6 Å². The molecule has 1 aliphatic heterocycles. The number of benzene rings is 1. The summed E-state index contributed by atoms with van der Waals surface area (Å²) in [7, 11) is 1.85. The fraction of sp³-hybridized carbons (Fsp3) is 0.389. The smallest absolute Gasteiger partial charge is 0.226 e. The van der Waals surface area contributed by atoms with Crippen LogP contribution in [0.25, 0.3) is 11.0 Å². The molecule has 0 saturated heterocycles. The van der Waals surface area contributed by atoms with Gasteiger partial charge in [0, 0.05) is 32.7 Å². The summed E-state index contributed by atoms with van der Waals surface area (Å²) in [5.41, 5.74) is 9.66. The molecule has 3 heterocycles. The molecule has 1 aliphatic rings. The molecule has 4 rings (SSSR count). The van der Waals surface area contributed by atoms with Crippen LogP contribution in [0.3, 0.4) is 0 Å². The lowest BCUT2D eigenvalue weighted by Crippen LogP contribution is -2.41. The van der Waals surface area contributed by atoms with Gasteiger partial charge in [-0.25, -0.2) is 0 Å². The van der Waals surface area contributed by atoms with Crippen molar-refractivity contribution >= 4 is 22.8 Å². The van der Waals surface area contributed by atoms with Crippen LogP contribution in [-0.4, -0.2) is 43.8 Å². The van der Waals surface area contributed by atoms with Gasteiger partial charge in [0.1, 0.15) is 5.82 Å². The van der Waals surface area contributed by atoms with Gasteiger partial charge in [-0.2, -0.15) is 15.1 Å². The Balaban J connectivity index is 1.44. The van der Waals surface area contributed by atoms with Gasteiger partial charge in [-0.05, 0) is 24.5 Å². The molecule has 2 aromatic heterocycles. The minimum atomic E-state index is 0.375. The first kappa shape index (κ1) is 15.8.